The predicted molar refractivity (Wildman–Crippen MR) is 82.5 cm³/mol. The van der Waals surface area contributed by atoms with Gasteiger partial charge in [0.2, 0.25) is 0 Å². The SMILES string of the molecule is CN(C)C1CCN(CC2(CBr)CCCCC2)CC1. The standard InChI is InChI=1S/C15H29BrN2/c1-17(2)14-6-10-18(11-7-14)13-15(12-16)8-4-3-5-9-15/h14H,3-13H2,1-2H3. The zero-order valence-electron chi connectivity index (χ0n) is 12.1. The fourth-order valence-corrected chi connectivity index (χ4v) is 4.44. The summed E-state index contributed by atoms with van der Waals surface area (Å²) < 4.78 is 0. The summed E-state index contributed by atoms with van der Waals surface area (Å²) in [5.74, 6) is 0. The van der Waals surface area contributed by atoms with Gasteiger partial charge < -0.3 is 9.80 Å². The maximum absolute atomic E-state index is 3.80. The molecule has 0 amide bonds. The molecule has 3 heteroatoms. The summed E-state index contributed by atoms with van der Waals surface area (Å²) in [6.45, 7) is 3.94. The summed E-state index contributed by atoms with van der Waals surface area (Å²) in [7, 11) is 4.45. The number of alkyl halides is 1. The van der Waals surface area contributed by atoms with Crippen LogP contribution in [0.1, 0.15) is 44.9 Å². The van der Waals surface area contributed by atoms with Crippen LogP contribution in [0.3, 0.4) is 0 Å². The number of hydrogen-bond donors (Lipinski definition) is 0. The molecular weight excluding hydrogens is 288 g/mol. The normalized spacial score (nSPS) is 26.7. The fourth-order valence-electron chi connectivity index (χ4n) is 3.70. The monoisotopic (exact) mass is 316 g/mol. The van der Waals surface area contributed by atoms with Gasteiger partial charge in [0.25, 0.3) is 0 Å². The molecule has 18 heavy (non-hydrogen) atoms. The molecule has 1 saturated heterocycles. The van der Waals surface area contributed by atoms with Crippen LogP contribution in [0.4, 0.5) is 0 Å². The Labute approximate surface area is 121 Å². The van der Waals surface area contributed by atoms with Crippen LogP contribution in [-0.2, 0) is 0 Å². The molecule has 2 nitrogen and oxygen atoms in total. The molecule has 0 atom stereocenters. The second-order valence-corrected chi connectivity index (χ2v) is 7.23. The quantitative estimate of drug-likeness (QED) is 0.734. The second kappa shape index (κ2) is 6.71. The number of hydrogen-bond acceptors (Lipinski definition) is 2. The van der Waals surface area contributed by atoms with Gasteiger partial charge in [-0.2, -0.15) is 0 Å². The molecule has 0 aromatic carbocycles. The maximum Gasteiger partial charge on any atom is 0.0113 e. The first kappa shape index (κ1) is 14.8. The molecule has 0 unspecified atom stereocenters. The van der Waals surface area contributed by atoms with Crippen LogP contribution >= 0.6 is 15.9 Å². The van der Waals surface area contributed by atoms with E-state index in [9.17, 15) is 0 Å². The van der Waals surface area contributed by atoms with E-state index >= 15 is 0 Å². The number of nitrogens with zero attached hydrogens (tertiary/aromatic N) is 2. The molecule has 1 aliphatic heterocycles. The minimum absolute atomic E-state index is 0.587. The Morgan fingerprint density at radius 2 is 1.72 bits per heavy atom. The van der Waals surface area contributed by atoms with Crippen molar-refractivity contribution < 1.29 is 0 Å². The smallest absolute Gasteiger partial charge is 0.0113 e. The van der Waals surface area contributed by atoms with Gasteiger partial charge in [-0.3, -0.25) is 0 Å². The lowest BCUT2D eigenvalue weighted by Crippen LogP contribution is -2.47. The molecule has 2 aliphatic rings. The lowest BCUT2D eigenvalue weighted by atomic mass is 9.75. The van der Waals surface area contributed by atoms with Crippen molar-refractivity contribution in [1.82, 2.24) is 9.80 Å². The molecule has 1 aliphatic carbocycles. The van der Waals surface area contributed by atoms with Crippen LogP contribution in [-0.4, -0.2) is 54.9 Å². The van der Waals surface area contributed by atoms with Crippen molar-refractivity contribution in [3.63, 3.8) is 0 Å². The highest BCUT2D eigenvalue weighted by atomic mass is 79.9. The molecule has 1 heterocycles. The molecule has 0 spiro atoms. The van der Waals surface area contributed by atoms with E-state index in [0.717, 1.165) is 6.04 Å². The molecule has 0 aromatic rings. The molecular formula is C15H29BrN2. The molecule has 0 bridgehead atoms. The maximum atomic E-state index is 3.80. The number of likely N-dealkylation sites (tertiary alicyclic amines) is 1. The van der Waals surface area contributed by atoms with E-state index in [1.165, 1.54) is 69.9 Å². The van der Waals surface area contributed by atoms with E-state index < -0.39 is 0 Å². The van der Waals surface area contributed by atoms with Crippen molar-refractivity contribution in [3.8, 4) is 0 Å². The van der Waals surface area contributed by atoms with Crippen LogP contribution in [0.15, 0.2) is 0 Å². The van der Waals surface area contributed by atoms with Crippen LogP contribution < -0.4 is 0 Å². The van der Waals surface area contributed by atoms with Crippen LogP contribution in [0.25, 0.3) is 0 Å². The van der Waals surface area contributed by atoms with Crippen molar-refractivity contribution in [2.45, 2.75) is 51.0 Å². The summed E-state index contributed by atoms with van der Waals surface area (Å²) in [5.41, 5.74) is 0.587. The highest BCUT2D eigenvalue weighted by Crippen LogP contribution is 2.39. The Kier molecular flexibility index (Phi) is 5.52. The molecule has 2 fully saturated rings. The Hall–Kier alpha value is 0.400. The highest BCUT2D eigenvalue weighted by Gasteiger charge is 2.34. The van der Waals surface area contributed by atoms with E-state index in [-0.39, 0.29) is 0 Å². The topological polar surface area (TPSA) is 6.48 Å². The third-order valence-corrected chi connectivity index (χ3v) is 6.23. The average molecular weight is 317 g/mol. The highest BCUT2D eigenvalue weighted by molar-refractivity contribution is 9.09. The van der Waals surface area contributed by atoms with Crippen LogP contribution in [0.5, 0.6) is 0 Å². The third kappa shape index (κ3) is 3.71. The molecule has 2 rings (SSSR count). The largest absolute Gasteiger partial charge is 0.306 e. The number of piperidine rings is 1. The molecule has 106 valence electrons. The van der Waals surface area contributed by atoms with Crippen LogP contribution in [0, 0.1) is 5.41 Å². The van der Waals surface area contributed by atoms with Gasteiger partial charge in [-0.25, -0.2) is 0 Å². The van der Waals surface area contributed by atoms with E-state index in [2.05, 4.69) is 39.8 Å². The molecule has 0 aromatic heterocycles. The van der Waals surface area contributed by atoms with Gasteiger partial charge in [-0.15, -0.1) is 0 Å². The molecule has 1 saturated carbocycles. The zero-order chi connectivity index (χ0) is 13.0. The first-order valence-electron chi connectivity index (χ1n) is 7.60. The van der Waals surface area contributed by atoms with Crippen molar-refractivity contribution in [2.24, 2.45) is 5.41 Å². The average Bonchev–Trinajstić information content (AvgIpc) is 2.40. The third-order valence-electron chi connectivity index (χ3n) is 5.04. The first-order valence-corrected chi connectivity index (χ1v) is 8.72. The van der Waals surface area contributed by atoms with E-state index in [4.69, 9.17) is 0 Å². The van der Waals surface area contributed by atoms with Gasteiger partial charge in [-0.05, 0) is 58.3 Å². The van der Waals surface area contributed by atoms with Gasteiger partial charge in [0.1, 0.15) is 0 Å². The van der Waals surface area contributed by atoms with Crippen molar-refractivity contribution in [1.29, 1.82) is 0 Å². The summed E-state index contributed by atoms with van der Waals surface area (Å²) in [5, 5.41) is 1.20. The lowest BCUT2D eigenvalue weighted by Gasteiger charge is -2.43. The minimum Gasteiger partial charge on any atom is -0.306 e. The predicted octanol–water partition coefficient (Wildman–Crippen LogP) is 3.36. The second-order valence-electron chi connectivity index (χ2n) is 6.67. The van der Waals surface area contributed by atoms with Gasteiger partial charge in [0.05, 0.1) is 0 Å². The zero-order valence-corrected chi connectivity index (χ0v) is 13.7. The Bertz CT molecular complexity index is 241. The Morgan fingerprint density at radius 3 is 2.22 bits per heavy atom. The molecule has 0 N–H and O–H groups in total. The number of halogens is 1. The van der Waals surface area contributed by atoms with Gasteiger partial charge in [-0.1, -0.05) is 35.2 Å². The summed E-state index contributed by atoms with van der Waals surface area (Å²) in [4.78, 5) is 5.13. The van der Waals surface area contributed by atoms with E-state index in [1.807, 2.05) is 0 Å². The van der Waals surface area contributed by atoms with Gasteiger partial charge >= 0.3 is 0 Å². The summed E-state index contributed by atoms with van der Waals surface area (Å²) in [6, 6.07) is 0.813. The Balaban J connectivity index is 1.82. The van der Waals surface area contributed by atoms with Gasteiger partial charge in [0.15, 0.2) is 0 Å². The van der Waals surface area contributed by atoms with E-state index in [0.29, 0.717) is 5.41 Å². The van der Waals surface area contributed by atoms with E-state index in [1.54, 1.807) is 0 Å². The fraction of sp³-hybridized carbons (Fsp3) is 1.00. The van der Waals surface area contributed by atoms with Crippen molar-refractivity contribution in [3.05, 3.63) is 0 Å². The number of rotatable bonds is 4. The van der Waals surface area contributed by atoms with Gasteiger partial charge in [0, 0.05) is 17.9 Å². The molecule has 0 radical (unpaired) electrons. The van der Waals surface area contributed by atoms with Crippen molar-refractivity contribution in [2.75, 3.05) is 39.1 Å². The summed E-state index contributed by atoms with van der Waals surface area (Å²) >= 11 is 3.80. The Morgan fingerprint density at radius 1 is 1.11 bits per heavy atom. The lowest BCUT2D eigenvalue weighted by molar-refractivity contribution is 0.0838. The minimum atomic E-state index is 0.587. The first-order chi connectivity index (χ1) is 8.65. The summed E-state index contributed by atoms with van der Waals surface area (Å²) in [6.07, 6.45) is 9.92. The van der Waals surface area contributed by atoms with Crippen LogP contribution in [0.2, 0.25) is 0 Å². The van der Waals surface area contributed by atoms with Crippen molar-refractivity contribution >= 4 is 15.9 Å².